The molecule has 0 saturated carbocycles. The lowest BCUT2D eigenvalue weighted by atomic mass is 10.1. The SMILES string of the molecule is C#CC(C)NC(C)c1cccc(OC)c1. The van der Waals surface area contributed by atoms with Crippen LogP contribution in [0.4, 0.5) is 0 Å². The number of hydrogen-bond donors (Lipinski definition) is 1. The topological polar surface area (TPSA) is 21.3 Å². The molecule has 0 saturated heterocycles. The van der Waals surface area contributed by atoms with Gasteiger partial charge in [0.1, 0.15) is 5.75 Å². The smallest absolute Gasteiger partial charge is 0.119 e. The summed E-state index contributed by atoms with van der Waals surface area (Å²) in [5, 5.41) is 3.31. The summed E-state index contributed by atoms with van der Waals surface area (Å²) in [5.41, 5.74) is 1.18. The van der Waals surface area contributed by atoms with Gasteiger partial charge in [0, 0.05) is 6.04 Å². The van der Waals surface area contributed by atoms with Gasteiger partial charge in [-0.15, -0.1) is 6.42 Å². The van der Waals surface area contributed by atoms with Crippen LogP contribution in [0.3, 0.4) is 0 Å². The van der Waals surface area contributed by atoms with Gasteiger partial charge in [0.25, 0.3) is 0 Å². The summed E-state index contributed by atoms with van der Waals surface area (Å²) in [7, 11) is 1.67. The predicted molar refractivity (Wildman–Crippen MR) is 62.8 cm³/mol. The van der Waals surface area contributed by atoms with Crippen LogP contribution in [-0.4, -0.2) is 13.2 Å². The third-order valence-electron chi connectivity index (χ3n) is 2.34. The maximum atomic E-state index is 5.32. The molecule has 0 spiro atoms. The summed E-state index contributed by atoms with van der Waals surface area (Å²) < 4.78 is 5.17. The van der Waals surface area contributed by atoms with Crippen LogP contribution in [0.15, 0.2) is 24.3 Å². The maximum Gasteiger partial charge on any atom is 0.119 e. The summed E-state index contributed by atoms with van der Waals surface area (Å²) in [6.45, 7) is 4.05. The molecule has 0 aromatic heterocycles. The molecule has 2 heteroatoms. The summed E-state index contributed by atoms with van der Waals surface area (Å²) in [6, 6.07) is 8.29. The van der Waals surface area contributed by atoms with Gasteiger partial charge in [-0.25, -0.2) is 0 Å². The van der Waals surface area contributed by atoms with Crippen molar-refractivity contribution in [1.29, 1.82) is 0 Å². The van der Waals surface area contributed by atoms with Gasteiger partial charge >= 0.3 is 0 Å². The molecule has 1 aromatic carbocycles. The number of nitrogens with one attached hydrogen (secondary N) is 1. The Balaban J connectivity index is 2.73. The molecular weight excluding hydrogens is 186 g/mol. The monoisotopic (exact) mass is 203 g/mol. The Bertz CT molecular complexity index is 354. The zero-order chi connectivity index (χ0) is 11.3. The van der Waals surface area contributed by atoms with E-state index in [1.54, 1.807) is 7.11 Å². The molecule has 15 heavy (non-hydrogen) atoms. The second-order valence-corrected chi connectivity index (χ2v) is 3.55. The quantitative estimate of drug-likeness (QED) is 0.758. The summed E-state index contributed by atoms with van der Waals surface area (Å²) >= 11 is 0. The van der Waals surface area contributed by atoms with E-state index in [-0.39, 0.29) is 12.1 Å². The predicted octanol–water partition coefficient (Wildman–Crippen LogP) is 2.37. The van der Waals surface area contributed by atoms with Crippen LogP contribution in [0, 0.1) is 12.3 Å². The minimum absolute atomic E-state index is 0.0752. The Kier molecular flexibility index (Phi) is 4.20. The molecule has 2 atom stereocenters. The minimum Gasteiger partial charge on any atom is -0.497 e. The van der Waals surface area contributed by atoms with Crippen molar-refractivity contribution in [3.63, 3.8) is 0 Å². The van der Waals surface area contributed by atoms with Crippen LogP contribution >= 0.6 is 0 Å². The molecule has 2 unspecified atom stereocenters. The van der Waals surface area contributed by atoms with Gasteiger partial charge in [-0.1, -0.05) is 18.1 Å². The van der Waals surface area contributed by atoms with Gasteiger partial charge < -0.3 is 4.74 Å². The van der Waals surface area contributed by atoms with Gasteiger partial charge in [0.15, 0.2) is 0 Å². The summed E-state index contributed by atoms with van der Waals surface area (Å²) in [4.78, 5) is 0. The van der Waals surface area contributed by atoms with E-state index in [4.69, 9.17) is 11.2 Å². The van der Waals surface area contributed by atoms with E-state index in [0.29, 0.717) is 0 Å². The van der Waals surface area contributed by atoms with E-state index < -0.39 is 0 Å². The third kappa shape index (κ3) is 3.30. The van der Waals surface area contributed by atoms with Crippen LogP contribution in [-0.2, 0) is 0 Å². The standard InChI is InChI=1S/C13H17NO/c1-5-10(2)14-11(3)12-7-6-8-13(9-12)15-4/h1,6-11,14H,2-4H3. The molecule has 0 aliphatic rings. The number of hydrogen-bond acceptors (Lipinski definition) is 2. The number of ether oxygens (including phenoxy) is 1. The first-order valence-corrected chi connectivity index (χ1v) is 5.03. The Morgan fingerprint density at radius 1 is 1.40 bits per heavy atom. The maximum absolute atomic E-state index is 5.32. The lowest BCUT2D eigenvalue weighted by Crippen LogP contribution is -2.27. The average Bonchev–Trinajstić information content (AvgIpc) is 2.28. The van der Waals surface area contributed by atoms with Crippen molar-refractivity contribution in [3.05, 3.63) is 29.8 Å². The molecule has 0 heterocycles. The van der Waals surface area contributed by atoms with Crippen molar-refractivity contribution in [2.24, 2.45) is 0 Å². The Hall–Kier alpha value is -1.46. The third-order valence-corrected chi connectivity index (χ3v) is 2.34. The minimum atomic E-state index is 0.0752. The van der Waals surface area contributed by atoms with Crippen molar-refractivity contribution < 1.29 is 4.74 Å². The van der Waals surface area contributed by atoms with Crippen molar-refractivity contribution in [1.82, 2.24) is 5.32 Å². The van der Waals surface area contributed by atoms with Crippen molar-refractivity contribution >= 4 is 0 Å². The number of methoxy groups -OCH3 is 1. The molecule has 0 radical (unpaired) electrons. The first-order valence-electron chi connectivity index (χ1n) is 5.03. The average molecular weight is 203 g/mol. The van der Waals surface area contributed by atoms with E-state index in [9.17, 15) is 0 Å². The first-order chi connectivity index (χ1) is 7.17. The molecule has 2 nitrogen and oxygen atoms in total. The number of terminal acetylenes is 1. The van der Waals surface area contributed by atoms with Crippen LogP contribution in [0.25, 0.3) is 0 Å². The van der Waals surface area contributed by atoms with Crippen molar-refractivity contribution in [3.8, 4) is 18.1 Å². The lowest BCUT2D eigenvalue weighted by molar-refractivity contribution is 0.413. The van der Waals surface area contributed by atoms with E-state index in [2.05, 4.69) is 24.2 Å². The highest BCUT2D eigenvalue weighted by Crippen LogP contribution is 2.18. The largest absolute Gasteiger partial charge is 0.497 e. The van der Waals surface area contributed by atoms with Gasteiger partial charge in [-0.3, -0.25) is 5.32 Å². The fraction of sp³-hybridized carbons (Fsp3) is 0.385. The number of rotatable bonds is 4. The zero-order valence-corrected chi connectivity index (χ0v) is 9.45. The summed E-state index contributed by atoms with van der Waals surface area (Å²) in [6.07, 6.45) is 5.32. The Labute approximate surface area is 91.6 Å². The summed E-state index contributed by atoms with van der Waals surface area (Å²) in [5.74, 6) is 3.52. The highest BCUT2D eigenvalue weighted by molar-refractivity contribution is 5.30. The zero-order valence-electron chi connectivity index (χ0n) is 9.45. The molecule has 1 rings (SSSR count). The number of benzene rings is 1. The van der Waals surface area contributed by atoms with Crippen molar-refractivity contribution in [2.75, 3.05) is 7.11 Å². The molecule has 0 bridgehead atoms. The van der Waals surface area contributed by atoms with Crippen LogP contribution in [0.2, 0.25) is 0 Å². The fourth-order valence-electron chi connectivity index (χ4n) is 1.43. The molecule has 0 aliphatic heterocycles. The van der Waals surface area contributed by atoms with E-state index >= 15 is 0 Å². The Morgan fingerprint density at radius 3 is 2.73 bits per heavy atom. The lowest BCUT2D eigenvalue weighted by Gasteiger charge is -2.17. The first kappa shape index (κ1) is 11.6. The van der Waals surface area contributed by atoms with E-state index in [0.717, 1.165) is 5.75 Å². The molecule has 0 amide bonds. The molecule has 80 valence electrons. The molecule has 1 N–H and O–H groups in total. The second kappa shape index (κ2) is 5.43. The highest BCUT2D eigenvalue weighted by Gasteiger charge is 2.07. The van der Waals surface area contributed by atoms with Gasteiger partial charge in [-0.05, 0) is 31.5 Å². The highest BCUT2D eigenvalue weighted by atomic mass is 16.5. The van der Waals surface area contributed by atoms with E-state index in [1.165, 1.54) is 5.56 Å². The van der Waals surface area contributed by atoms with Crippen molar-refractivity contribution in [2.45, 2.75) is 25.9 Å². The molecule has 1 aromatic rings. The second-order valence-electron chi connectivity index (χ2n) is 3.55. The van der Waals surface area contributed by atoms with Gasteiger partial charge in [0.2, 0.25) is 0 Å². The Morgan fingerprint density at radius 2 is 2.13 bits per heavy atom. The van der Waals surface area contributed by atoms with Crippen LogP contribution in [0.1, 0.15) is 25.5 Å². The molecule has 0 fully saturated rings. The van der Waals surface area contributed by atoms with Crippen LogP contribution < -0.4 is 10.1 Å². The van der Waals surface area contributed by atoms with Gasteiger partial charge in [0.05, 0.1) is 13.2 Å². The molecular formula is C13H17NO. The van der Waals surface area contributed by atoms with Gasteiger partial charge in [-0.2, -0.15) is 0 Å². The van der Waals surface area contributed by atoms with Crippen LogP contribution in [0.5, 0.6) is 5.75 Å². The normalized spacial score (nSPS) is 14.0. The van der Waals surface area contributed by atoms with E-state index in [1.807, 2.05) is 25.1 Å². The fourth-order valence-corrected chi connectivity index (χ4v) is 1.43. The molecule has 0 aliphatic carbocycles.